The Bertz CT molecular complexity index is 605. The normalized spacial score (nSPS) is 29.7. The summed E-state index contributed by atoms with van der Waals surface area (Å²) in [4.78, 5) is 12.1. The van der Waals surface area contributed by atoms with Gasteiger partial charge in [-0.3, -0.25) is 4.79 Å². The number of carbonyl (C=O) groups is 1. The van der Waals surface area contributed by atoms with Gasteiger partial charge in [-0.05, 0) is 38.3 Å². The molecule has 22 heavy (non-hydrogen) atoms. The molecule has 0 amide bonds. The molecule has 1 aromatic rings. The van der Waals surface area contributed by atoms with Gasteiger partial charge in [0.25, 0.3) is 0 Å². The molecule has 1 saturated heterocycles. The number of aliphatic hydroxyl groups excluding tert-OH is 1. The fourth-order valence-electron chi connectivity index (χ4n) is 3.61. The van der Waals surface area contributed by atoms with Crippen LogP contribution in [0.2, 0.25) is 0 Å². The van der Waals surface area contributed by atoms with Crippen molar-refractivity contribution in [2.24, 2.45) is 5.92 Å². The molecule has 0 saturated carbocycles. The number of fused-ring (bicyclic) bond motifs is 1. The minimum atomic E-state index is -0.652. The van der Waals surface area contributed by atoms with E-state index in [1.165, 1.54) is 0 Å². The van der Waals surface area contributed by atoms with Crippen molar-refractivity contribution >= 4 is 5.97 Å². The first-order valence-electron chi connectivity index (χ1n) is 8.02. The van der Waals surface area contributed by atoms with Crippen LogP contribution in [0.25, 0.3) is 0 Å². The summed E-state index contributed by atoms with van der Waals surface area (Å²) in [5.74, 6) is 0.121. The maximum absolute atomic E-state index is 12.1. The Morgan fingerprint density at radius 3 is 2.73 bits per heavy atom. The summed E-state index contributed by atoms with van der Waals surface area (Å²) in [5.41, 5.74) is 2.86. The second-order valence-corrected chi connectivity index (χ2v) is 7.07. The molecule has 0 aliphatic carbocycles. The van der Waals surface area contributed by atoms with E-state index in [4.69, 9.17) is 9.47 Å². The molecule has 3 unspecified atom stereocenters. The summed E-state index contributed by atoms with van der Waals surface area (Å²) in [7, 11) is 0. The quantitative estimate of drug-likeness (QED) is 0.853. The first-order valence-corrected chi connectivity index (χ1v) is 8.02. The number of benzene rings is 1. The molecular formula is C18H24O4. The van der Waals surface area contributed by atoms with Gasteiger partial charge in [-0.2, -0.15) is 0 Å². The average molecular weight is 304 g/mol. The van der Waals surface area contributed by atoms with Gasteiger partial charge in [-0.25, -0.2) is 0 Å². The van der Waals surface area contributed by atoms with E-state index in [1.807, 2.05) is 19.9 Å². The molecule has 1 N–H and O–H groups in total. The molecule has 2 aliphatic rings. The molecule has 3 atom stereocenters. The number of carbonyl (C=O) groups excluding carboxylic acids is 1. The highest BCUT2D eigenvalue weighted by atomic mass is 16.6. The third kappa shape index (κ3) is 2.50. The van der Waals surface area contributed by atoms with Crippen molar-refractivity contribution in [3.63, 3.8) is 0 Å². The molecule has 3 rings (SSSR count). The Kier molecular flexibility index (Phi) is 3.68. The number of hydrogen-bond acceptors (Lipinski definition) is 4. The van der Waals surface area contributed by atoms with Crippen molar-refractivity contribution in [1.29, 1.82) is 0 Å². The molecule has 2 heterocycles. The molecule has 1 aromatic carbocycles. The Morgan fingerprint density at radius 2 is 2.09 bits per heavy atom. The zero-order valence-corrected chi connectivity index (χ0v) is 13.7. The van der Waals surface area contributed by atoms with Crippen LogP contribution >= 0.6 is 0 Å². The fourth-order valence-corrected chi connectivity index (χ4v) is 3.61. The van der Waals surface area contributed by atoms with Gasteiger partial charge in [0, 0.05) is 18.4 Å². The predicted molar refractivity (Wildman–Crippen MR) is 82.8 cm³/mol. The molecule has 0 spiro atoms. The summed E-state index contributed by atoms with van der Waals surface area (Å²) in [6.07, 6.45) is 0.805. The lowest BCUT2D eigenvalue weighted by molar-refractivity contribution is -0.170. The van der Waals surface area contributed by atoms with E-state index in [-0.39, 0.29) is 11.6 Å². The van der Waals surface area contributed by atoms with Crippen molar-refractivity contribution in [1.82, 2.24) is 0 Å². The SMILES string of the molecule is CCC1C(=O)OC(c2c(C)ccc3c2OC(C)(C)C3)CC1O. The molecule has 4 heteroatoms. The lowest BCUT2D eigenvalue weighted by Crippen LogP contribution is -2.37. The Labute approximate surface area is 131 Å². The highest BCUT2D eigenvalue weighted by molar-refractivity contribution is 5.74. The third-order valence-electron chi connectivity index (χ3n) is 4.73. The maximum Gasteiger partial charge on any atom is 0.312 e. The molecule has 0 aromatic heterocycles. The van der Waals surface area contributed by atoms with Crippen molar-refractivity contribution < 1.29 is 19.4 Å². The first kappa shape index (κ1) is 15.3. The largest absolute Gasteiger partial charge is 0.487 e. The van der Waals surface area contributed by atoms with Gasteiger partial charge in [-0.15, -0.1) is 0 Å². The zero-order chi connectivity index (χ0) is 16.1. The van der Waals surface area contributed by atoms with Gasteiger partial charge in [-0.1, -0.05) is 19.1 Å². The Hall–Kier alpha value is -1.55. The Morgan fingerprint density at radius 1 is 1.36 bits per heavy atom. The predicted octanol–water partition coefficient (Wildman–Crippen LogP) is 3.08. The van der Waals surface area contributed by atoms with Gasteiger partial charge >= 0.3 is 5.97 Å². The van der Waals surface area contributed by atoms with E-state index < -0.39 is 18.1 Å². The number of ether oxygens (including phenoxy) is 2. The van der Waals surface area contributed by atoms with E-state index >= 15 is 0 Å². The van der Waals surface area contributed by atoms with Crippen LogP contribution in [0, 0.1) is 12.8 Å². The van der Waals surface area contributed by atoms with Crippen LogP contribution in [0.15, 0.2) is 12.1 Å². The molecule has 1 fully saturated rings. The van der Waals surface area contributed by atoms with Crippen LogP contribution in [-0.4, -0.2) is 22.8 Å². The summed E-state index contributed by atoms with van der Waals surface area (Å²) in [6.45, 7) is 8.00. The van der Waals surface area contributed by atoms with E-state index in [1.54, 1.807) is 0 Å². The smallest absolute Gasteiger partial charge is 0.312 e. The molecule has 4 nitrogen and oxygen atoms in total. The lowest BCUT2D eigenvalue weighted by atomic mass is 9.87. The molecule has 0 radical (unpaired) electrons. The first-order chi connectivity index (χ1) is 10.3. The maximum atomic E-state index is 12.1. The van der Waals surface area contributed by atoms with Crippen LogP contribution in [0.3, 0.4) is 0 Å². The monoisotopic (exact) mass is 304 g/mol. The topological polar surface area (TPSA) is 55.8 Å². The number of hydrogen-bond donors (Lipinski definition) is 1. The molecule has 0 bridgehead atoms. The van der Waals surface area contributed by atoms with E-state index in [0.717, 1.165) is 28.9 Å². The van der Waals surface area contributed by atoms with Crippen LogP contribution < -0.4 is 4.74 Å². The van der Waals surface area contributed by atoms with Crippen LogP contribution in [0.1, 0.15) is 56.4 Å². The number of aryl methyl sites for hydroxylation is 1. The summed E-state index contributed by atoms with van der Waals surface area (Å²) in [5, 5.41) is 10.3. The number of rotatable bonds is 2. The fraction of sp³-hybridized carbons (Fsp3) is 0.611. The number of esters is 1. The van der Waals surface area contributed by atoms with E-state index in [0.29, 0.717) is 12.8 Å². The number of cyclic esters (lactones) is 1. The van der Waals surface area contributed by atoms with Crippen molar-refractivity contribution in [3.05, 3.63) is 28.8 Å². The highest BCUT2D eigenvalue weighted by Gasteiger charge is 2.41. The van der Waals surface area contributed by atoms with Gasteiger partial charge < -0.3 is 14.6 Å². The molecule has 2 aliphatic heterocycles. The molecule has 120 valence electrons. The lowest BCUT2D eigenvalue weighted by Gasteiger charge is -2.33. The van der Waals surface area contributed by atoms with Gasteiger partial charge in [0.05, 0.1) is 12.0 Å². The van der Waals surface area contributed by atoms with E-state index in [2.05, 4.69) is 19.9 Å². The zero-order valence-electron chi connectivity index (χ0n) is 13.7. The van der Waals surface area contributed by atoms with Crippen molar-refractivity contribution in [2.75, 3.05) is 0 Å². The second-order valence-electron chi connectivity index (χ2n) is 7.07. The van der Waals surface area contributed by atoms with Gasteiger partial charge in [0.2, 0.25) is 0 Å². The minimum absolute atomic E-state index is 0.242. The van der Waals surface area contributed by atoms with Crippen LogP contribution in [0.5, 0.6) is 5.75 Å². The summed E-state index contributed by atoms with van der Waals surface area (Å²) < 4.78 is 11.8. The second kappa shape index (κ2) is 5.27. The van der Waals surface area contributed by atoms with Gasteiger partial charge in [0.15, 0.2) is 0 Å². The van der Waals surface area contributed by atoms with Crippen molar-refractivity contribution in [2.45, 2.75) is 64.8 Å². The average Bonchev–Trinajstić information content (AvgIpc) is 2.72. The molecular weight excluding hydrogens is 280 g/mol. The van der Waals surface area contributed by atoms with Crippen LogP contribution in [0.4, 0.5) is 0 Å². The van der Waals surface area contributed by atoms with Crippen molar-refractivity contribution in [3.8, 4) is 5.75 Å². The Balaban J connectivity index is 1.97. The number of aliphatic hydroxyl groups is 1. The van der Waals surface area contributed by atoms with E-state index in [9.17, 15) is 9.90 Å². The summed E-state index contributed by atoms with van der Waals surface area (Å²) >= 11 is 0. The summed E-state index contributed by atoms with van der Waals surface area (Å²) in [6, 6.07) is 4.13. The van der Waals surface area contributed by atoms with Crippen LogP contribution in [-0.2, 0) is 16.0 Å². The van der Waals surface area contributed by atoms with Gasteiger partial charge in [0.1, 0.15) is 17.5 Å². The third-order valence-corrected chi connectivity index (χ3v) is 4.73. The highest BCUT2D eigenvalue weighted by Crippen LogP contribution is 2.45. The standard InChI is InChI=1S/C18H24O4/c1-5-12-13(19)8-14(21-17(12)20)15-10(2)6-7-11-9-18(3,4)22-16(11)15/h6-7,12-14,19H,5,8-9H2,1-4H3. The minimum Gasteiger partial charge on any atom is -0.487 e.